The van der Waals surface area contributed by atoms with Crippen LogP contribution in [0.1, 0.15) is 31.6 Å². The van der Waals surface area contributed by atoms with E-state index in [4.69, 9.17) is 4.74 Å². The summed E-state index contributed by atoms with van der Waals surface area (Å²) in [7, 11) is 0. The first kappa shape index (κ1) is 15.6. The van der Waals surface area contributed by atoms with Crippen LogP contribution in [-0.2, 0) is 4.79 Å². The fourth-order valence-electron chi connectivity index (χ4n) is 3.09. The first-order valence-electron chi connectivity index (χ1n) is 7.73. The number of hydrogen-bond donors (Lipinski definition) is 3. The molecule has 2 heterocycles. The van der Waals surface area contributed by atoms with Crippen LogP contribution in [0.5, 0.6) is 5.75 Å². The zero-order valence-corrected chi connectivity index (χ0v) is 13.9. The Morgan fingerprint density at radius 2 is 1.95 bits per heavy atom. The number of carbonyl (C=O) groups is 1. The quantitative estimate of drug-likeness (QED) is 0.793. The van der Waals surface area contributed by atoms with E-state index >= 15 is 0 Å². The largest absolute Gasteiger partial charge is 0.491 e. The number of hydrazine groups is 1. The van der Waals surface area contributed by atoms with Crippen molar-refractivity contribution in [3.8, 4) is 5.75 Å². The highest BCUT2D eigenvalue weighted by Crippen LogP contribution is 2.42. The van der Waals surface area contributed by atoms with Gasteiger partial charge in [0.1, 0.15) is 5.75 Å². The third kappa shape index (κ3) is 3.24. The topological polar surface area (TPSA) is 62.4 Å². The van der Waals surface area contributed by atoms with Gasteiger partial charge in [-0.3, -0.25) is 10.2 Å². The van der Waals surface area contributed by atoms with E-state index in [1.165, 1.54) is 5.56 Å². The summed E-state index contributed by atoms with van der Waals surface area (Å²) in [6.07, 6.45) is 0.154. The molecule has 22 heavy (non-hydrogen) atoms. The summed E-state index contributed by atoms with van der Waals surface area (Å²) in [5.41, 5.74) is 7.68. The molecule has 0 bridgehead atoms. The van der Waals surface area contributed by atoms with E-state index in [9.17, 15) is 4.79 Å². The van der Waals surface area contributed by atoms with Gasteiger partial charge >= 0.3 is 0 Å². The Kier molecular flexibility index (Phi) is 4.61. The standard InChI is InChI=1S/C16H23N3O2S/c1-9(2)21-12-6-4-11(5-7-12)15-14-10(3)18-19-16(14)17-13(20)8-22-15/h4-7,9-10,14-16,18-19H,8H2,1-3H3,(H,17,20). The molecule has 2 aliphatic heterocycles. The number of amides is 1. The second-order valence-corrected chi connectivity index (χ2v) is 7.30. The molecule has 0 aliphatic carbocycles. The van der Waals surface area contributed by atoms with Gasteiger partial charge in [-0.2, -0.15) is 0 Å². The Labute approximate surface area is 135 Å². The van der Waals surface area contributed by atoms with Crippen LogP contribution in [0, 0.1) is 5.92 Å². The van der Waals surface area contributed by atoms with E-state index in [-0.39, 0.29) is 23.4 Å². The lowest BCUT2D eigenvalue weighted by Gasteiger charge is -2.27. The molecule has 1 aromatic rings. The minimum atomic E-state index is -0.0194. The maximum absolute atomic E-state index is 11.9. The summed E-state index contributed by atoms with van der Waals surface area (Å²) in [4.78, 5) is 11.9. The Morgan fingerprint density at radius 1 is 1.23 bits per heavy atom. The Balaban J connectivity index is 1.83. The molecule has 2 aliphatic rings. The fraction of sp³-hybridized carbons (Fsp3) is 0.562. The molecular formula is C16H23N3O2S. The van der Waals surface area contributed by atoms with Crippen LogP contribution in [0.15, 0.2) is 24.3 Å². The van der Waals surface area contributed by atoms with Crippen molar-refractivity contribution in [2.75, 3.05) is 5.75 Å². The molecule has 6 heteroatoms. The van der Waals surface area contributed by atoms with E-state index < -0.39 is 0 Å². The van der Waals surface area contributed by atoms with Crippen molar-refractivity contribution < 1.29 is 9.53 Å². The predicted molar refractivity (Wildman–Crippen MR) is 88.6 cm³/mol. The average Bonchev–Trinajstić information content (AvgIpc) is 2.73. The molecule has 0 radical (unpaired) electrons. The highest BCUT2D eigenvalue weighted by molar-refractivity contribution is 8.00. The summed E-state index contributed by atoms with van der Waals surface area (Å²) < 4.78 is 5.71. The van der Waals surface area contributed by atoms with Gasteiger partial charge in [-0.15, -0.1) is 11.8 Å². The molecule has 4 unspecified atom stereocenters. The minimum absolute atomic E-state index is 0.0194. The van der Waals surface area contributed by atoms with Gasteiger partial charge < -0.3 is 10.1 Å². The maximum Gasteiger partial charge on any atom is 0.231 e. The lowest BCUT2D eigenvalue weighted by Crippen LogP contribution is -2.46. The highest BCUT2D eigenvalue weighted by Gasteiger charge is 2.42. The van der Waals surface area contributed by atoms with Crippen molar-refractivity contribution >= 4 is 17.7 Å². The van der Waals surface area contributed by atoms with Gasteiger partial charge in [0.2, 0.25) is 5.91 Å². The monoisotopic (exact) mass is 321 g/mol. The summed E-state index contributed by atoms with van der Waals surface area (Å²) in [6.45, 7) is 6.20. The van der Waals surface area contributed by atoms with Crippen molar-refractivity contribution in [1.82, 2.24) is 16.2 Å². The number of ether oxygens (including phenoxy) is 1. The van der Waals surface area contributed by atoms with Crippen LogP contribution in [-0.4, -0.2) is 30.0 Å². The Bertz CT molecular complexity index is 535. The molecule has 120 valence electrons. The predicted octanol–water partition coefficient (Wildman–Crippen LogP) is 1.82. The number of carbonyl (C=O) groups excluding carboxylic acids is 1. The summed E-state index contributed by atoms with van der Waals surface area (Å²) >= 11 is 1.71. The van der Waals surface area contributed by atoms with Crippen molar-refractivity contribution in [3.63, 3.8) is 0 Å². The maximum atomic E-state index is 11.9. The van der Waals surface area contributed by atoms with E-state index in [0.29, 0.717) is 17.7 Å². The van der Waals surface area contributed by atoms with Crippen LogP contribution < -0.4 is 20.9 Å². The third-order valence-corrected chi connectivity index (χ3v) is 5.44. The van der Waals surface area contributed by atoms with Crippen LogP contribution >= 0.6 is 11.8 Å². The third-order valence-electron chi connectivity index (χ3n) is 4.07. The Morgan fingerprint density at radius 3 is 2.64 bits per heavy atom. The molecule has 2 fully saturated rings. The molecule has 5 nitrogen and oxygen atoms in total. The number of benzene rings is 1. The Hall–Kier alpha value is -1.24. The average molecular weight is 321 g/mol. The van der Waals surface area contributed by atoms with Gasteiger partial charge in [0.25, 0.3) is 0 Å². The van der Waals surface area contributed by atoms with E-state index in [1.807, 2.05) is 26.0 Å². The van der Waals surface area contributed by atoms with Gasteiger partial charge in [-0.05, 0) is 38.5 Å². The van der Waals surface area contributed by atoms with E-state index in [1.54, 1.807) is 11.8 Å². The fourth-order valence-corrected chi connectivity index (χ4v) is 4.47. The highest BCUT2D eigenvalue weighted by atomic mass is 32.2. The normalized spacial score (nSPS) is 31.5. The molecule has 4 atom stereocenters. The van der Waals surface area contributed by atoms with Gasteiger partial charge in [-0.25, -0.2) is 5.43 Å². The van der Waals surface area contributed by atoms with Crippen LogP contribution in [0.4, 0.5) is 0 Å². The zero-order chi connectivity index (χ0) is 15.7. The van der Waals surface area contributed by atoms with Crippen LogP contribution in [0.3, 0.4) is 0 Å². The van der Waals surface area contributed by atoms with Gasteiger partial charge in [0.15, 0.2) is 0 Å². The second kappa shape index (κ2) is 6.48. The van der Waals surface area contributed by atoms with Gasteiger partial charge in [-0.1, -0.05) is 12.1 Å². The van der Waals surface area contributed by atoms with E-state index in [0.717, 1.165) is 5.75 Å². The number of thioether (sulfide) groups is 1. The number of nitrogens with one attached hydrogen (secondary N) is 3. The molecule has 3 rings (SSSR count). The first-order valence-corrected chi connectivity index (χ1v) is 8.78. The van der Waals surface area contributed by atoms with Crippen LogP contribution in [0.2, 0.25) is 0 Å². The lowest BCUT2D eigenvalue weighted by atomic mass is 9.91. The molecule has 0 aromatic heterocycles. The molecular weight excluding hydrogens is 298 g/mol. The summed E-state index contributed by atoms with van der Waals surface area (Å²) in [5.74, 6) is 1.79. The van der Waals surface area contributed by atoms with Gasteiger partial charge in [0, 0.05) is 17.2 Å². The van der Waals surface area contributed by atoms with Crippen LogP contribution in [0.25, 0.3) is 0 Å². The molecule has 1 amide bonds. The van der Waals surface area contributed by atoms with Crippen molar-refractivity contribution in [3.05, 3.63) is 29.8 Å². The minimum Gasteiger partial charge on any atom is -0.491 e. The van der Waals surface area contributed by atoms with Crippen molar-refractivity contribution in [2.24, 2.45) is 5.92 Å². The van der Waals surface area contributed by atoms with E-state index in [2.05, 4.69) is 35.2 Å². The smallest absolute Gasteiger partial charge is 0.231 e. The zero-order valence-electron chi connectivity index (χ0n) is 13.1. The van der Waals surface area contributed by atoms with Gasteiger partial charge in [0.05, 0.1) is 18.0 Å². The molecule has 2 saturated heterocycles. The molecule has 0 spiro atoms. The van der Waals surface area contributed by atoms with Crippen molar-refractivity contribution in [2.45, 2.75) is 44.3 Å². The molecule has 0 saturated carbocycles. The van der Waals surface area contributed by atoms with Crippen molar-refractivity contribution in [1.29, 1.82) is 0 Å². The SMILES string of the molecule is CC(C)Oc1ccc(C2SCC(=O)NC3NNC(C)C32)cc1. The first-order chi connectivity index (χ1) is 10.5. The second-order valence-electron chi connectivity index (χ2n) is 6.17. The number of rotatable bonds is 3. The number of fused-ring (bicyclic) bond motifs is 1. The molecule has 1 aromatic carbocycles. The molecule has 3 N–H and O–H groups in total. The number of hydrogen-bond acceptors (Lipinski definition) is 5. The summed E-state index contributed by atoms with van der Waals surface area (Å²) in [6, 6.07) is 8.57. The lowest BCUT2D eigenvalue weighted by molar-refractivity contribution is -0.119. The summed E-state index contributed by atoms with van der Waals surface area (Å²) in [5, 5.41) is 3.32.